The van der Waals surface area contributed by atoms with Gasteiger partial charge < -0.3 is 5.32 Å². The summed E-state index contributed by atoms with van der Waals surface area (Å²) in [5.74, 6) is 0. The molecule has 6 rings (SSSR count). The Morgan fingerprint density at radius 3 is 2.00 bits per heavy atom. The molecule has 0 radical (unpaired) electrons. The number of hydrogen-bond donors (Lipinski definition) is 1. The summed E-state index contributed by atoms with van der Waals surface area (Å²) in [7, 11) is 0. The molecule has 5 aromatic carbocycles. The topological polar surface area (TPSA) is 24.9 Å². The van der Waals surface area contributed by atoms with Crippen molar-refractivity contribution in [1.82, 2.24) is 4.98 Å². The minimum Gasteiger partial charge on any atom is -0.356 e. The molecule has 0 fully saturated rings. The molecule has 0 atom stereocenters. The number of nitrogens with one attached hydrogen (secondary N) is 1. The third-order valence-corrected chi connectivity index (χ3v) is 6.79. The van der Waals surface area contributed by atoms with E-state index in [2.05, 4.69) is 115 Å². The van der Waals surface area contributed by atoms with E-state index in [1.54, 1.807) is 11.3 Å². The van der Waals surface area contributed by atoms with Gasteiger partial charge in [-0.1, -0.05) is 66.7 Å². The predicted molar refractivity (Wildman–Crippen MR) is 138 cm³/mol. The zero-order chi connectivity index (χ0) is 21.3. The van der Waals surface area contributed by atoms with Gasteiger partial charge in [-0.2, -0.15) is 0 Å². The van der Waals surface area contributed by atoms with E-state index < -0.39 is 0 Å². The molecule has 1 heterocycles. The summed E-state index contributed by atoms with van der Waals surface area (Å²) in [4.78, 5) is 4.75. The van der Waals surface area contributed by atoms with Crippen molar-refractivity contribution in [1.29, 1.82) is 0 Å². The summed E-state index contributed by atoms with van der Waals surface area (Å²) in [6.07, 6.45) is 0. The van der Waals surface area contributed by atoms with Gasteiger partial charge in [-0.05, 0) is 70.4 Å². The maximum absolute atomic E-state index is 4.75. The molecule has 0 saturated carbocycles. The quantitative estimate of drug-likeness (QED) is 0.304. The summed E-state index contributed by atoms with van der Waals surface area (Å²) in [6, 6.07) is 40.4. The van der Waals surface area contributed by atoms with Crippen molar-refractivity contribution in [3.8, 4) is 21.7 Å². The maximum atomic E-state index is 4.75. The number of aromatic nitrogens is 1. The van der Waals surface area contributed by atoms with Crippen molar-refractivity contribution >= 4 is 43.7 Å². The van der Waals surface area contributed by atoms with E-state index in [-0.39, 0.29) is 0 Å². The van der Waals surface area contributed by atoms with Gasteiger partial charge >= 0.3 is 0 Å². The van der Waals surface area contributed by atoms with Gasteiger partial charge in [0.25, 0.3) is 0 Å². The summed E-state index contributed by atoms with van der Waals surface area (Å²) in [6.45, 7) is 0. The number of nitrogens with zero attached hydrogens (tertiary/aromatic N) is 1. The van der Waals surface area contributed by atoms with Gasteiger partial charge in [0.2, 0.25) is 0 Å². The minimum absolute atomic E-state index is 1.05. The van der Waals surface area contributed by atoms with E-state index in [1.165, 1.54) is 26.6 Å². The van der Waals surface area contributed by atoms with Gasteiger partial charge in [0.15, 0.2) is 0 Å². The van der Waals surface area contributed by atoms with Gasteiger partial charge in [0, 0.05) is 16.9 Å². The number of rotatable bonds is 4. The van der Waals surface area contributed by atoms with Gasteiger partial charge in [0.05, 0.1) is 10.2 Å². The van der Waals surface area contributed by atoms with Gasteiger partial charge in [-0.25, -0.2) is 4.98 Å². The number of fused-ring (bicyclic) bond motifs is 2. The molecule has 1 N–H and O–H groups in total. The lowest BCUT2D eigenvalue weighted by Gasteiger charge is -2.10. The van der Waals surface area contributed by atoms with E-state index >= 15 is 0 Å². The highest BCUT2D eigenvalue weighted by atomic mass is 32.1. The first kappa shape index (κ1) is 18.8. The monoisotopic (exact) mass is 428 g/mol. The lowest BCUT2D eigenvalue weighted by molar-refractivity contribution is 1.47. The van der Waals surface area contributed by atoms with Crippen LogP contribution in [0.15, 0.2) is 115 Å². The first-order chi connectivity index (χ1) is 15.8. The summed E-state index contributed by atoms with van der Waals surface area (Å²) >= 11 is 1.73. The van der Waals surface area contributed by atoms with Gasteiger partial charge in [-0.3, -0.25) is 0 Å². The number of para-hydroxylation sites is 1. The highest BCUT2D eigenvalue weighted by Gasteiger charge is 2.07. The average Bonchev–Trinajstić information content (AvgIpc) is 3.29. The SMILES string of the molecule is c1ccc2c(-c3ccc(Nc4ccc(-c5nc6ccccc6s5)cc4)cc3)cccc2c1. The third-order valence-electron chi connectivity index (χ3n) is 5.70. The summed E-state index contributed by atoms with van der Waals surface area (Å²) < 4.78 is 1.22. The fourth-order valence-corrected chi connectivity index (χ4v) is 5.04. The Labute approximate surface area is 190 Å². The molecule has 1 aromatic heterocycles. The average molecular weight is 429 g/mol. The molecule has 0 saturated heterocycles. The van der Waals surface area contributed by atoms with Crippen LogP contribution >= 0.6 is 11.3 Å². The molecule has 2 nitrogen and oxygen atoms in total. The molecule has 0 aliphatic rings. The highest BCUT2D eigenvalue weighted by molar-refractivity contribution is 7.21. The lowest BCUT2D eigenvalue weighted by Crippen LogP contribution is -1.90. The second-order valence-corrected chi connectivity index (χ2v) is 8.82. The number of thiazole rings is 1. The van der Waals surface area contributed by atoms with Crippen LogP contribution in [0, 0.1) is 0 Å². The molecule has 0 unspecified atom stereocenters. The van der Waals surface area contributed by atoms with Crippen LogP contribution in [0.3, 0.4) is 0 Å². The molecule has 3 heteroatoms. The third kappa shape index (κ3) is 3.53. The Bertz CT molecular complexity index is 1490. The van der Waals surface area contributed by atoms with Crippen molar-refractivity contribution in [3.63, 3.8) is 0 Å². The van der Waals surface area contributed by atoms with E-state index in [1.807, 2.05) is 6.07 Å². The molecule has 0 aliphatic heterocycles. The van der Waals surface area contributed by atoms with Gasteiger partial charge in [0.1, 0.15) is 5.01 Å². The zero-order valence-corrected chi connectivity index (χ0v) is 18.1. The van der Waals surface area contributed by atoms with Crippen LogP contribution in [0.2, 0.25) is 0 Å². The lowest BCUT2D eigenvalue weighted by atomic mass is 9.98. The van der Waals surface area contributed by atoms with E-state index in [9.17, 15) is 0 Å². The van der Waals surface area contributed by atoms with E-state index in [4.69, 9.17) is 4.98 Å². The fraction of sp³-hybridized carbons (Fsp3) is 0. The van der Waals surface area contributed by atoms with Crippen LogP contribution in [-0.4, -0.2) is 4.98 Å². The number of anilines is 2. The first-order valence-electron chi connectivity index (χ1n) is 10.6. The zero-order valence-electron chi connectivity index (χ0n) is 17.3. The van der Waals surface area contributed by atoms with Crippen LogP contribution in [0.1, 0.15) is 0 Å². The molecule has 0 bridgehead atoms. The molecule has 0 amide bonds. The largest absolute Gasteiger partial charge is 0.356 e. The van der Waals surface area contributed by atoms with Crippen molar-refractivity contribution in [2.45, 2.75) is 0 Å². The number of hydrogen-bond acceptors (Lipinski definition) is 3. The second kappa shape index (κ2) is 7.95. The molecule has 32 heavy (non-hydrogen) atoms. The number of benzene rings is 5. The second-order valence-electron chi connectivity index (χ2n) is 7.79. The van der Waals surface area contributed by atoms with Crippen LogP contribution in [0.5, 0.6) is 0 Å². The van der Waals surface area contributed by atoms with Crippen LogP contribution in [-0.2, 0) is 0 Å². The summed E-state index contributed by atoms with van der Waals surface area (Å²) in [5.41, 5.74) is 6.81. The predicted octanol–water partition coefficient (Wildman–Crippen LogP) is 8.53. The molecule has 0 spiro atoms. The minimum atomic E-state index is 1.05. The van der Waals surface area contributed by atoms with Crippen molar-refractivity contribution < 1.29 is 0 Å². The van der Waals surface area contributed by atoms with Crippen molar-refractivity contribution in [3.05, 3.63) is 115 Å². The van der Waals surface area contributed by atoms with E-state index in [0.29, 0.717) is 0 Å². The molecule has 6 aromatic rings. The van der Waals surface area contributed by atoms with E-state index in [0.717, 1.165) is 27.5 Å². The van der Waals surface area contributed by atoms with Crippen LogP contribution in [0.25, 0.3) is 42.7 Å². The normalized spacial score (nSPS) is 11.1. The Kier molecular flexibility index (Phi) is 4.67. The Morgan fingerprint density at radius 2 is 1.22 bits per heavy atom. The Balaban J connectivity index is 1.22. The van der Waals surface area contributed by atoms with Crippen molar-refractivity contribution in [2.75, 3.05) is 5.32 Å². The standard InChI is InChI=1S/C29H20N2S/c1-2-8-25-20(6-1)7-5-9-26(25)21-12-16-23(17-13-21)30-24-18-14-22(15-19-24)29-31-27-10-3-4-11-28(27)32-29/h1-19,30H. The summed E-state index contributed by atoms with van der Waals surface area (Å²) in [5, 5.41) is 7.10. The first-order valence-corrected chi connectivity index (χ1v) is 11.5. The molecule has 152 valence electrons. The maximum Gasteiger partial charge on any atom is 0.124 e. The van der Waals surface area contributed by atoms with Crippen molar-refractivity contribution in [2.24, 2.45) is 0 Å². The fourth-order valence-electron chi connectivity index (χ4n) is 4.07. The molecule has 0 aliphatic carbocycles. The highest BCUT2D eigenvalue weighted by Crippen LogP contribution is 2.32. The van der Waals surface area contributed by atoms with Crippen LogP contribution < -0.4 is 5.32 Å². The van der Waals surface area contributed by atoms with Gasteiger partial charge in [-0.15, -0.1) is 11.3 Å². The smallest absolute Gasteiger partial charge is 0.124 e. The molecular weight excluding hydrogens is 408 g/mol. The Morgan fingerprint density at radius 1 is 0.562 bits per heavy atom. The van der Waals surface area contributed by atoms with Crippen LogP contribution in [0.4, 0.5) is 11.4 Å². The Hall–Kier alpha value is -3.95. The molecular formula is C29H20N2S.